The van der Waals surface area contributed by atoms with E-state index in [2.05, 4.69) is 24.1 Å². The predicted octanol–water partition coefficient (Wildman–Crippen LogP) is 4.20. The van der Waals surface area contributed by atoms with Gasteiger partial charge in [0.2, 0.25) is 0 Å². The molecule has 4 heterocycles. The van der Waals surface area contributed by atoms with Crippen LogP contribution in [0.2, 0.25) is 0 Å². The van der Waals surface area contributed by atoms with Gasteiger partial charge in [0.25, 0.3) is 5.91 Å². The lowest BCUT2D eigenvalue weighted by atomic mass is 9.72. The van der Waals surface area contributed by atoms with Crippen molar-refractivity contribution in [3.8, 4) is 0 Å². The highest BCUT2D eigenvalue weighted by molar-refractivity contribution is 7.20. The van der Waals surface area contributed by atoms with Crippen LogP contribution in [-0.2, 0) is 0 Å². The Balaban J connectivity index is 0.00000182. The Morgan fingerprint density at radius 3 is 2.48 bits per heavy atom. The van der Waals surface area contributed by atoms with E-state index in [0.29, 0.717) is 20.9 Å². The van der Waals surface area contributed by atoms with Gasteiger partial charge in [0.15, 0.2) is 11.6 Å². The molecule has 3 aliphatic rings. The lowest BCUT2D eigenvalue weighted by Gasteiger charge is -2.56. The highest BCUT2D eigenvalue weighted by atomic mass is 35.5. The molecule has 3 aliphatic heterocycles. The van der Waals surface area contributed by atoms with Gasteiger partial charge in [-0.1, -0.05) is 0 Å². The number of hydrogen-bond donors (Lipinski definition) is 1. The second-order valence-corrected chi connectivity index (χ2v) is 8.43. The molecular formula is C18H21ClF2N2OS. The number of nitrogens with one attached hydrogen (secondary N) is 1. The number of nitrogens with zero attached hydrogens (tertiary/aromatic N) is 1. The molecule has 1 atom stereocenters. The van der Waals surface area contributed by atoms with Crippen LogP contribution in [-0.4, -0.2) is 35.5 Å². The smallest absolute Gasteiger partial charge is 0.261 e. The maximum Gasteiger partial charge on any atom is 0.261 e. The Kier molecular flexibility index (Phi) is 4.81. The number of thiophene rings is 1. The molecule has 3 nitrogen and oxygen atoms in total. The molecule has 1 amide bonds. The van der Waals surface area contributed by atoms with E-state index in [-0.39, 0.29) is 29.9 Å². The summed E-state index contributed by atoms with van der Waals surface area (Å²) in [5.41, 5.74) is -0.0638. The lowest BCUT2D eigenvalue weighted by Crippen LogP contribution is -2.69. The van der Waals surface area contributed by atoms with E-state index < -0.39 is 11.6 Å². The van der Waals surface area contributed by atoms with E-state index in [4.69, 9.17) is 0 Å². The SMILES string of the molecule is CC1(C)C(NC(=O)c2cc3cc(F)c(F)cc3s2)C2CCN1CC2.Cl. The first-order valence-corrected chi connectivity index (χ1v) is 9.12. The molecule has 7 heteroatoms. The van der Waals surface area contributed by atoms with Gasteiger partial charge in [-0.05, 0) is 69.3 Å². The van der Waals surface area contributed by atoms with Crippen LogP contribution >= 0.6 is 23.7 Å². The van der Waals surface area contributed by atoms with Gasteiger partial charge >= 0.3 is 0 Å². The number of piperidine rings is 3. The van der Waals surface area contributed by atoms with Crippen molar-refractivity contribution in [3.63, 3.8) is 0 Å². The zero-order chi connectivity index (χ0) is 17.1. The van der Waals surface area contributed by atoms with Gasteiger partial charge in [-0.25, -0.2) is 8.78 Å². The summed E-state index contributed by atoms with van der Waals surface area (Å²) in [7, 11) is 0. The first-order valence-electron chi connectivity index (χ1n) is 8.31. The van der Waals surface area contributed by atoms with Crippen molar-refractivity contribution in [2.75, 3.05) is 13.1 Å². The number of carbonyl (C=O) groups is 1. The fourth-order valence-corrected chi connectivity index (χ4v) is 5.21. The highest BCUT2D eigenvalue weighted by Gasteiger charge is 2.48. The third kappa shape index (κ3) is 3.04. The normalized spacial score (nSPS) is 27.1. The zero-order valence-electron chi connectivity index (χ0n) is 14.1. The molecule has 5 rings (SSSR count). The minimum absolute atomic E-state index is 0. The van der Waals surface area contributed by atoms with Gasteiger partial charge in [0.05, 0.1) is 4.88 Å². The second-order valence-electron chi connectivity index (χ2n) is 7.34. The van der Waals surface area contributed by atoms with Crippen LogP contribution in [0.1, 0.15) is 36.4 Å². The average molecular weight is 387 g/mol. The van der Waals surface area contributed by atoms with Crippen LogP contribution in [0.4, 0.5) is 8.78 Å². The lowest BCUT2D eigenvalue weighted by molar-refractivity contribution is -0.0377. The van der Waals surface area contributed by atoms with Crippen molar-refractivity contribution >= 4 is 39.7 Å². The largest absolute Gasteiger partial charge is 0.346 e. The molecule has 1 aromatic carbocycles. The molecule has 2 aromatic rings. The standard InChI is InChI=1S/C18H20F2N2OS.ClH/c1-18(2)16(10-3-5-22(18)6-4-10)21-17(23)15-8-11-7-12(19)13(20)9-14(11)24-15;/h7-10,16H,3-6H2,1-2H3,(H,21,23);1H. The maximum absolute atomic E-state index is 13.4. The highest BCUT2D eigenvalue weighted by Crippen LogP contribution is 2.39. The van der Waals surface area contributed by atoms with Crippen LogP contribution < -0.4 is 5.32 Å². The monoisotopic (exact) mass is 386 g/mol. The van der Waals surface area contributed by atoms with E-state index >= 15 is 0 Å². The van der Waals surface area contributed by atoms with E-state index in [1.165, 1.54) is 11.3 Å². The number of carbonyl (C=O) groups excluding carboxylic acids is 1. The van der Waals surface area contributed by atoms with Crippen molar-refractivity contribution in [1.29, 1.82) is 0 Å². The number of fused-ring (bicyclic) bond motifs is 4. The Morgan fingerprint density at radius 2 is 1.84 bits per heavy atom. The van der Waals surface area contributed by atoms with Crippen LogP contribution in [0.15, 0.2) is 18.2 Å². The third-order valence-corrected chi connectivity index (χ3v) is 6.75. The Hall–Kier alpha value is -1.24. The number of hydrogen-bond acceptors (Lipinski definition) is 3. The summed E-state index contributed by atoms with van der Waals surface area (Å²) in [5.74, 6) is -1.41. The fourth-order valence-electron chi connectivity index (χ4n) is 4.24. The van der Waals surface area contributed by atoms with Gasteiger partial charge in [-0.3, -0.25) is 9.69 Å². The number of amides is 1. The minimum Gasteiger partial charge on any atom is -0.346 e. The molecule has 25 heavy (non-hydrogen) atoms. The van der Waals surface area contributed by atoms with Crippen LogP contribution in [0.25, 0.3) is 10.1 Å². The molecular weight excluding hydrogens is 366 g/mol. The molecule has 0 saturated carbocycles. The molecule has 0 spiro atoms. The molecule has 1 unspecified atom stereocenters. The van der Waals surface area contributed by atoms with Crippen molar-refractivity contribution in [1.82, 2.24) is 10.2 Å². The number of halogens is 3. The van der Waals surface area contributed by atoms with Crippen molar-refractivity contribution in [2.45, 2.75) is 38.3 Å². The Bertz CT molecular complexity index is 776. The first-order chi connectivity index (χ1) is 11.4. The third-order valence-electron chi connectivity index (χ3n) is 5.66. The van der Waals surface area contributed by atoms with Gasteiger partial charge < -0.3 is 5.32 Å². The summed E-state index contributed by atoms with van der Waals surface area (Å²) >= 11 is 1.20. The summed E-state index contributed by atoms with van der Waals surface area (Å²) in [6, 6.07) is 4.05. The number of benzene rings is 1. The van der Waals surface area contributed by atoms with Gasteiger partial charge in [-0.2, -0.15) is 0 Å². The Labute approximate surface area is 155 Å². The van der Waals surface area contributed by atoms with E-state index in [9.17, 15) is 13.6 Å². The maximum atomic E-state index is 13.4. The molecule has 0 radical (unpaired) electrons. The van der Waals surface area contributed by atoms with Crippen molar-refractivity contribution in [2.24, 2.45) is 5.92 Å². The molecule has 1 aromatic heterocycles. The summed E-state index contributed by atoms with van der Waals surface area (Å²) in [5, 5.41) is 3.76. The van der Waals surface area contributed by atoms with E-state index in [1.807, 2.05) is 0 Å². The predicted molar refractivity (Wildman–Crippen MR) is 98.6 cm³/mol. The van der Waals surface area contributed by atoms with Gasteiger partial charge in [-0.15, -0.1) is 23.7 Å². The van der Waals surface area contributed by atoms with Gasteiger partial charge in [0, 0.05) is 16.3 Å². The van der Waals surface area contributed by atoms with E-state index in [1.54, 1.807) is 6.07 Å². The molecule has 136 valence electrons. The summed E-state index contributed by atoms with van der Waals surface area (Å²) < 4.78 is 27.3. The first kappa shape index (κ1) is 18.5. The molecule has 1 N–H and O–H groups in total. The zero-order valence-corrected chi connectivity index (χ0v) is 15.8. The fraction of sp³-hybridized carbons (Fsp3) is 0.500. The summed E-state index contributed by atoms with van der Waals surface area (Å²) in [6.45, 7) is 6.54. The molecule has 3 fully saturated rings. The second kappa shape index (κ2) is 6.49. The van der Waals surface area contributed by atoms with Crippen LogP contribution in [0, 0.1) is 17.6 Å². The van der Waals surface area contributed by atoms with Crippen molar-refractivity contribution in [3.05, 3.63) is 34.7 Å². The quantitative estimate of drug-likeness (QED) is 0.838. The molecule has 0 aliphatic carbocycles. The Morgan fingerprint density at radius 1 is 1.20 bits per heavy atom. The molecule has 2 bridgehead atoms. The average Bonchev–Trinajstić information content (AvgIpc) is 2.94. The van der Waals surface area contributed by atoms with Crippen molar-refractivity contribution < 1.29 is 13.6 Å². The topological polar surface area (TPSA) is 32.3 Å². The van der Waals surface area contributed by atoms with Gasteiger partial charge in [0.1, 0.15) is 0 Å². The summed E-state index contributed by atoms with van der Waals surface area (Å²) in [6.07, 6.45) is 2.22. The number of rotatable bonds is 2. The van der Waals surface area contributed by atoms with Crippen LogP contribution in [0.3, 0.4) is 0 Å². The summed E-state index contributed by atoms with van der Waals surface area (Å²) in [4.78, 5) is 15.6. The van der Waals surface area contributed by atoms with E-state index in [0.717, 1.165) is 38.1 Å². The molecule has 3 saturated heterocycles. The minimum atomic E-state index is -0.884. The van der Waals surface area contributed by atoms with Crippen LogP contribution in [0.5, 0.6) is 0 Å².